The number of nitrogens with zero attached hydrogens (tertiary/aromatic N) is 3. The van der Waals surface area contributed by atoms with E-state index in [9.17, 15) is 9.59 Å². The Labute approximate surface area is 159 Å². The van der Waals surface area contributed by atoms with Crippen molar-refractivity contribution in [2.75, 3.05) is 6.54 Å². The van der Waals surface area contributed by atoms with Crippen molar-refractivity contribution in [2.24, 2.45) is 0 Å². The predicted molar refractivity (Wildman–Crippen MR) is 99.3 cm³/mol. The maximum Gasteiger partial charge on any atom is 0.290 e. The molecule has 0 spiro atoms. The number of benzene rings is 2. The summed E-state index contributed by atoms with van der Waals surface area (Å²) in [6.07, 6.45) is 1.37. The van der Waals surface area contributed by atoms with E-state index in [2.05, 4.69) is 15.4 Å². The van der Waals surface area contributed by atoms with Gasteiger partial charge in [0.15, 0.2) is 5.78 Å². The standard InChI is InChI=1S/C18H14Cl2N4O2/c1-2-21-18(26)17-22-10-24(23-17)15-8-7-11(19)9-13(15)16(25)12-5-3-4-6-14(12)20/h3-10H,2H2,1H3,(H,21,26). The lowest BCUT2D eigenvalue weighted by atomic mass is 10.0. The number of nitrogens with one attached hydrogen (secondary N) is 1. The van der Waals surface area contributed by atoms with E-state index in [-0.39, 0.29) is 17.5 Å². The molecule has 0 saturated carbocycles. The van der Waals surface area contributed by atoms with Crippen molar-refractivity contribution in [1.29, 1.82) is 0 Å². The zero-order valence-electron chi connectivity index (χ0n) is 13.7. The molecule has 0 fully saturated rings. The van der Waals surface area contributed by atoms with Crippen molar-refractivity contribution in [3.05, 3.63) is 75.8 Å². The summed E-state index contributed by atoms with van der Waals surface area (Å²) in [7, 11) is 0. The molecule has 0 aliphatic rings. The molecule has 1 heterocycles. The zero-order chi connectivity index (χ0) is 18.7. The lowest BCUT2D eigenvalue weighted by Gasteiger charge is -2.10. The molecule has 1 aromatic heterocycles. The quantitative estimate of drug-likeness (QED) is 0.677. The molecule has 0 bridgehead atoms. The van der Waals surface area contributed by atoms with Crippen LogP contribution in [0.5, 0.6) is 0 Å². The molecule has 0 saturated heterocycles. The van der Waals surface area contributed by atoms with Crippen molar-refractivity contribution in [1.82, 2.24) is 20.1 Å². The van der Waals surface area contributed by atoms with Crippen molar-refractivity contribution < 1.29 is 9.59 Å². The number of ketones is 1. The summed E-state index contributed by atoms with van der Waals surface area (Å²) >= 11 is 12.2. The van der Waals surface area contributed by atoms with Crippen molar-refractivity contribution in [3.63, 3.8) is 0 Å². The SMILES string of the molecule is CCNC(=O)c1ncn(-c2ccc(Cl)cc2C(=O)c2ccccc2Cl)n1. The van der Waals surface area contributed by atoms with Crippen LogP contribution in [0, 0.1) is 0 Å². The van der Waals surface area contributed by atoms with E-state index in [0.717, 1.165) is 0 Å². The first-order valence-corrected chi connectivity index (χ1v) is 8.56. The van der Waals surface area contributed by atoms with E-state index in [1.54, 1.807) is 43.3 Å². The van der Waals surface area contributed by atoms with Crippen LogP contribution in [0.4, 0.5) is 0 Å². The van der Waals surface area contributed by atoms with E-state index >= 15 is 0 Å². The molecule has 2 aromatic carbocycles. The van der Waals surface area contributed by atoms with E-state index in [4.69, 9.17) is 23.2 Å². The van der Waals surface area contributed by atoms with Gasteiger partial charge < -0.3 is 5.32 Å². The Morgan fingerprint density at radius 2 is 1.88 bits per heavy atom. The second kappa shape index (κ2) is 7.68. The largest absolute Gasteiger partial charge is 0.350 e. The van der Waals surface area contributed by atoms with Gasteiger partial charge in [-0.3, -0.25) is 9.59 Å². The molecule has 8 heteroatoms. The number of hydrogen-bond acceptors (Lipinski definition) is 4. The topological polar surface area (TPSA) is 76.9 Å². The summed E-state index contributed by atoms with van der Waals surface area (Å²) in [5.41, 5.74) is 1.10. The Morgan fingerprint density at radius 3 is 2.62 bits per heavy atom. The minimum absolute atomic E-state index is 0.0120. The van der Waals surface area contributed by atoms with Gasteiger partial charge in [0.2, 0.25) is 5.82 Å². The number of carbonyl (C=O) groups excluding carboxylic acids is 2. The summed E-state index contributed by atoms with van der Waals surface area (Å²) in [5, 5.41) is 7.51. The van der Waals surface area contributed by atoms with Gasteiger partial charge in [0, 0.05) is 22.7 Å². The third-order valence-electron chi connectivity index (χ3n) is 3.60. The van der Waals surface area contributed by atoms with E-state index in [0.29, 0.717) is 33.4 Å². The molecule has 0 aliphatic carbocycles. The van der Waals surface area contributed by atoms with Crippen molar-refractivity contribution in [3.8, 4) is 5.69 Å². The summed E-state index contributed by atoms with van der Waals surface area (Å²) in [6, 6.07) is 11.6. The van der Waals surface area contributed by atoms with Crippen LogP contribution in [-0.2, 0) is 0 Å². The fourth-order valence-corrected chi connectivity index (χ4v) is 2.80. The second-order valence-electron chi connectivity index (χ2n) is 5.34. The van der Waals surface area contributed by atoms with Crippen LogP contribution in [0.25, 0.3) is 5.69 Å². The van der Waals surface area contributed by atoms with Crippen molar-refractivity contribution >= 4 is 34.9 Å². The van der Waals surface area contributed by atoms with Gasteiger partial charge in [-0.15, -0.1) is 5.10 Å². The molecular formula is C18H14Cl2N4O2. The predicted octanol–water partition coefficient (Wildman–Crippen LogP) is 3.55. The number of rotatable bonds is 5. The lowest BCUT2D eigenvalue weighted by Crippen LogP contribution is -2.24. The smallest absolute Gasteiger partial charge is 0.290 e. The highest BCUT2D eigenvalue weighted by Gasteiger charge is 2.19. The molecule has 3 aromatic rings. The maximum absolute atomic E-state index is 13.0. The molecule has 26 heavy (non-hydrogen) atoms. The lowest BCUT2D eigenvalue weighted by molar-refractivity contribution is 0.0945. The van der Waals surface area contributed by atoms with Crippen molar-refractivity contribution in [2.45, 2.75) is 6.92 Å². The number of aromatic nitrogens is 3. The molecule has 0 atom stereocenters. The molecule has 132 valence electrons. The van der Waals surface area contributed by atoms with Crippen LogP contribution < -0.4 is 5.32 Å². The molecule has 6 nitrogen and oxygen atoms in total. The number of hydrogen-bond donors (Lipinski definition) is 1. The molecule has 3 rings (SSSR count). The average molecular weight is 389 g/mol. The van der Waals surface area contributed by atoms with Gasteiger partial charge >= 0.3 is 0 Å². The van der Waals surface area contributed by atoms with Gasteiger partial charge in [0.25, 0.3) is 5.91 Å². The van der Waals surface area contributed by atoms with Gasteiger partial charge in [0.1, 0.15) is 6.33 Å². The summed E-state index contributed by atoms with van der Waals surface area (Å²) in [4.78, 5) is 28.8. The van der Waals surface area contributed by atoms with E-state index in [1.165, 1.54) is 17.1 Å². The Bertz CT molecular complexity index is 985. The normalized spacial score (nSPS) is 10.6. The fraction of sp³-hybridized carbons (Fsp3) is 0.111. The average Bonchev–Trinajstić information content (AvgIpc) is 3.12. The first kappa shape index (κ1) is 18.1. The third kappa shape index (κ3) is 3.61. The fourth-order valence-electron chi connectivity index (χ4n) is 2.40. The summed E-state index contributed by atoms with van der Waals surface area (Å²) in [6.45, 7) is 2.26. The Balaban J connectivity index is 2.06. The summed E-state index contributed by atoms with van der Waals surface area (Å²) in [5.74, 6) is -0.680. The Hall–Kier alpha value is -2.70. The molecule has 0 unspecified atom stereocenters. The first-order valence-electron chi connectivity index (χ1n) is 7.80. The van der Waals surface area contributed by atoms with Crippen LogP contribution in [0.15, 0.2) is 48.8 Å². The highest BCUT2D eigenvalue weighted by molar-refractivity contribution is 6.35. The monoisotopic (exact) mass is 388 g/mol. The van der Waals surface area contributed by atoms with Gasteiger partial charge in [-0.1, -0.05) is 35.3 Å². The van der Waals surface area contributed by atoms with Crippen LogP contribution >= 0.6 is 23.2 Å². The maximum atomic E-state index is 13.0. The minimum atomic E-state index is -0.390. The van der Waals surface area contributed by atoms with Crippen LogP contribution in [-0.4, -0.2) is 33.0 Å². The van der Waals surface area contributed by atoms with E-state index < -0.39 is 0 Å². The minimum Gasteiger partial charge on any atom is -0.350 e. The molecule has 1 N–H and O–H groups in total. The number of halogens is 2. The van der Waals surface area contributed by atoms with Crippen LogP contribution in [0.2, 0.25) is 10.0 Å². The highest BCUT2D eigenvalue weighted by atomic mass is 35.5. The first-order chi connectivity index (χ1) is 12.5. The Kier molecular flexibility index (Phi) is 5.35. The molecule has 1 amide bonds. The Morgan fingerprint density at radius 1 is 1.12 bits per heavy atom. The number of carbonyl (C=O) groups is 2. The zero-order valence-corrected chi connectivity index (χ0v) is 15.3. The molecular weight excluding hydrogens is 375 g/mol. The van der Waals surface area contributed by atoms with Gasteiger partial charge in [-0.2, -0.15) is 0 Å². The van der Waals surface area contributed by atoms with Gasteiger partial charge in [-0.25, -0.2) is 9.67 Å². The third-order valence-corrected chi connectivity index (χ3v) is 4.17. The number of amides is 1. The van der Waals surface area contributed by atoms with E-state index in [1.807, 2.05) is 0 Å². The molecule has 0 radical (unpaired) electrons. The van der Waals surface area contributed by atoms with Crippen LogP contribution in [0.3, 0.4) is 0 Å². The van der Waals surface area contributed by atoms with Gasteiger partial charge in [0.05, 0.1) is 10.7 Å². The van der Waals surface area contributed by atoms with Gasteiger partial charge in [-0.05, 0) is 37.3 Å². The summed E-state index contributed by atoms with van der Waals surface area (Å²) < 4.78 is 1.37. The van der Waals surface area contributed by atoms with Crippen LogP contribution in [0.1, 0.15) is 33.5 Å². The molecule has 0 aliphatic heterocycles. The second-order valence-corrected chi connectivity index (χ2v) is 6.19. The highest BCUT2D eigenvalue weighted by Crippen LogP contribution is 2.25.